The number of hydrogen-bond acceptors (Lipinski definition) is 5. The fourth-order valence-electron chi connectivity index (χ4n) is 2.52. The Morgan fingerprint density at radius 2 is 1.68 bits per heavy atom. The molecule has 3 atom stereocenters. The number of aliphatic carboxylic acids is 1. The van der Waals surface area contributed by atoms with E-state index in [4.69, 9.17) is 9.84 Å². The lowest BCUT2D eigenvalue weighted by Gasteiger charge is -2.25. The highest BCUT2D eigenvalue weighted by Crippen LogP contribution is 2.10. The van der Waals surface area contributed by atoms with Crippen LogP contribution in [0.5, 0.6) is 0 Å². The van der Waals surface area contributed by atoms with Gasteiger partial charge in [0.05, 0.1) is 18.6 Å². The molecule has 1 aromatic carbocycles. The van der Waals surface area contributed by atoms with Gasteiger partial charge in [-0.05, 0) is 31.2 Å². The number of carbonyl (C=O) groups is 3. The third-order valence-corrected chi connectivity index (χ3v) is 4.17. The zero-order chi connectivity index (χ0) is 21.1. The summed E-state index contributed by atoms with van der Waals surface area (Å²) in [6.07, 6.45) is -0.965. The van der Waals surface area contributed by atoms with Gasteiger partial charge < -0.3 is 25.6 Å². The van der Waals surface area contributed by atoms with Crippen LogP contribution in [0.1, 0.15) is 45.6 Å². The number of nitrogens with one attached hydrogen (secondary N) is 2. The lowest BCUT2D eigenvalue weighted by Crippen LogP contribution is -2.52. The highest BCUT2D eigenvalue weighted by Gasteiger charge is 2.27. The van der Waals surface area contributed by atoms with Crippen LogP contribution in [0, 0.1) is 5.92 Å². The molecule has 0 heterocycles. The topological polar surface area (TPSA) is 125 Å². The largest absolute Gasteiger partial charge is 0.481 e. The first-order valence-corrected chi connectivity index (χ1v) is 9.36. The number of rotatable bonds is 11. The van der Waals surface area contributed by atoms with Crippen LogP contribution in [0.4, 0.5) is 4.79 Å². The summed E-state index contributed by atoms with van der Waals surface area (Å²) in [5.41, 5.74) is 0.764. The second-order valence-electron chi connectivity index (χ2n) is 7.18. The van der Waals surface area contributed by atoms with Gasteiger partial charge in [-0.3, -0.25) is 9.59 Å². The standard InChI is InChI=1S/C20H30N2O6/c1-13(2)9-10-16(14(3)23)21-19(26)17(11-18(24)25)22-20(27)28-12-15-7-5-4-6-8-15/h4-8,13-14,16-17,23H,9-12H2,1-3H3,(H,21,26)(H,22,27)(H,24,25)/t14-,16-,17-/m0/s1. The second kappa shape index (κ2) is 12.0. The average Bonchev–Trinajstić information content (AvgIpc) is 2.62. The van der Waals surface area contributed by atoms with Crippen molar-refractivity contribution in [3.8, 4) is 0 Å². The fourth-order valence-corrected chi connectivity index (χ4v) is 2.52. The van der Waals surface area contributed by atoms with Crippen molar-refractivity contribution in [1.82, 2.24) is 10.6 Å². The number of hydrogen-bond donors (Lipinski definition) is 4. The van der Waals surface area contributed by atoms with E-state index in [-0.39, 0.29) is 6.61 Å². The van der Waals surface area contributed by atoms with Crippen LogP contribution < -0.4 is 10.6 Å². The summed E-state index contributed by atoms with van der Waals surface area (Å²) in [4.78, 5) is 35.6. The molecule has 0 aliphatic rings. The summed E-state index contributed by atoms with van der Waals surface area (Å²) in [6, 6.07) is 7.13. The predicted octanol–water partition coefficient (Wildman–Crippen LogP) is 2.06. The summed E-state index contributed by atoms with van der Waals surface area (Å²) >= 11 is 0. The quantitative estimate of drug-likeness (QED) is 0.455. The number of carboxylic acid groups (broad SMARTS) is 1. The minimum absolute atomic E-state index is 0.00122. The lowest BCUT2D eigenvalue weighted by atomic mass is 9.99. The van der Waals surface area contributed by atoms with E-state index in [1.165, 1.54) is 0 Å². The Hall–Kier alpha value is -2.61. The normalized spacial score (nSPS) is 14.0. The van der Waals surface area contributed by atoms with E-state index in [1.807, 2.05) is 19.9 Å². The summed E-state index contributed by atoms with van der Waals surface area (Å²) < 4.78 is 5.05. The molecule has 0 aliphatic heterocycles. The third kappa shape index (κ3) is 9.36. The van der Waals surface area contributed by atoms with Gasteiger partial charge in [-0.25, -0.2) is 4.79 Å². The molecular weight excluding hydrogens is 364 g/mol. The molecule has 28 heavy (non-hydrogen) atoms. The third-order valence-electron chi connectivity index (χ3n) is 4.17. The van der Waals surface area contributed by atoms with E-state index in [1.54, 1.807) is 31.2 Å². The van der Waals surface area contributed by atoms with E-state index >= 15 is 0 Å². The first kappa shape index (κ1) is 23.4. The van der Waals surface area contributed by atoms with Crippen LogP contribution >= 0.6 is 0 Å². The lowest BCUT2D eigenvalue weighted by molar-refractivity contribution is -0.140. The Morgan fingerprint density at radius 1 is 1.04 bits per heavy atom. The van der Waals surface area contributed by atoms with Crippen molar-refractivity contribution in [2.75, 3.05) is 0 Å². The zero-order valence-corrected chi connectivity index (χ0v) is 16.6. The molecule has 0 aromatic heterocycles. The fraction of sp³-hybridized carbons (Fsp3) is 0.550. The van der Waals surface area contributed by atoms with Gasteiger partial charge in [-0.1, -0.05) is 44.2 Å². The van der Waals surface area contributed by atoms with Gasteiger partial charge in [0.25, 0.3) is 0 Å². The van der Waals surface area contributed by atoms with Crippen LogP contribution in [0.2, 0.25) is 0 Å². The second-order valence-corrected chi connectivity index (χ2v) is 7.18. The van der Waals surface area contributed by atoms with Crippen molar-refractivity contribution in [1.29, 1.82) is 0 Å². The molecule has 8 nitrogen and oxygen atoms in total. The molecule has 156 valence electrons. The number of aliphatic hydroxyl groups excluding tert-OH is 1. The molecule has 0 saturated heterocycles. The van der Waals surface area contributed by atoms with Gasteiger partial charge in [0, 0.05) is 0 Å². The SMILES string of the molecule is CC(C)CC[C@H](NC(=O)[C@H](CC(=O)O)NC(=O)OCc1ccccc1)[C@H](C)O. The van der Waals surface area contributed by atoms with Gasteiger partial charge in [0.2, 0.25) is 5.91 Å². The molecule has 0 spiro atoms. The minimum Gasteiger partial charge on any atom is -0.481 e. The monoisotopic (exact) mass is 394 g/mol. The Kier molecular flexibility index (Phi) is 10.0. The molecule has 8 heteroatoms. The van der Waals surface area contributed by atoms with Crippen LogP contribution in [-0.2, 0) is 20.9 Å². The van der Waals surface area contributed by atoms with E-state index in [0.717, 1.165) is 12.0 Å². The molecule has 4 N–H and O–H groups in total. The minimum atomic E-state index is -1.30. The van der Waals surface area contributed by atoms with Crippen molar-refractivity contribution in [3.63, 3.8) is 0 Å². The van der Waals surface area contributed by atoms with Crippen molar-refractivity contribution in [2.45, 2.75) is 64.8 Å². The van der Waals surface area contributed by atoms with Crippen LogP contribution in [-0.4, -0.2) is 46.4 Å². The molecule has 0 fully saturated rings. The van der Waals surface area contributed by atoms with E-state index < -0.39 is 42.6 Å². The maximum atomic E-state index is 12.5. The first-order chi connectivity index (χ1) is 13.2. The zero-order valence-electron chi connectivity index (χ0n) is 16.6. The average molecular weight is 394 g/mol. The summed E-state index contributed by atoms with van der Waals surface area (Å²) in [6.45, 7) is 5.61. The number of amides is 2. The van der Waals surface area contributed by atoms with Crippen molar-refractivity contribution < 1.29 is 29.3 Å². The smallest absolute Gasteiger partial charge is 0.408 e. The van der Waals surface area contributed by atoms with Gasteiger partial charge in [-0.2, -0.15) is 0 Å². The summed E-state index contributed by atoms with van der Waals surface area (Å²) in [5.74, 6) is -1.52. The maximum Gasteiger partial charge on any atom is 0.408 e. The van der Waals surface area contributed by atoms with Gasteiger partial charge in [0.15, 0.2) is 0 Å². The van der Waals surface area contributed by atoms with Crippen molar-refractivity contribution in [2.24, 2.45) is 5.92 Å². The number of aliphatic hydroxyl groups is 1. The molecule has 2 amide bonds. The highest BCUT2D eigenvalue weighted by atomic mass is 16.5. The van der Waals surface area contributed by atoms with Crippen LogP contribution in [0.3, 0.4) is 0 Å². The van der Waals surface area contributed by atoms with Crippen LogP contribution in [0.15, 0.2) is 30.3 Å². The molecule has 0 saturated carbocycles. The van der Waals surface area contributed by atoms with Gasteiger partial charge in [-0.15, -0.1) is 0 Å². The van der Waals surface area contributed by atoms with Gasteiger partial charge in [0.1, 0.15) is 12.6 Å². The number of carboxylic acids is 1. The maximum absolute atomic E-state index is 12.5. The Morgan fingerprint density at radius 3 is 2.21 bits per heavy atom. The van der Waals surface area contributed by atoms with Gasteiger partial charge >= 0.3 is 12.1 Å². The predicted molar refractivity (Wildman–Crippen MR) is 103 cm³/mol. The molecule has 1 aromatic rings. The number of benzene rings is 1. The highest BCUT2D eigenvalue weighted by molar-refractivity contribution is 5.89. The number of ether oxygens (including phenoxy) is 1. The van der Waals surface area contributed by atoms with E-state index in [9.17, 15) is 19.5 Å². The molecule has 0 bridgehead atoms. The summed E-state index contributed by atoms with van der Waals surface area (Å²) in [7, 11) is 0. The number of carbonyl (C=O) groups excluding carboxylic acids is 2. The first-order valence-electron chi connectivity index (χ1n) is 9.36. The van der Waals surface area contributed by atoms with Crippen molar-refractivity contribution >= 4 is 18.0 Å². The Labute approximate surface area is 165 Å². The van der Waals surface area contributed by atoms with Crippen LogP contribution in [0.25, 0.3) is 0 Å². The van der Waals surface area contributed by atoms with E-state index in [0.29, 0.717) is 12.3 Å². The van der Waals surface area contributed by atoms with E-state index in [2.05, 4.69) is 10.6 Å². The molecular formula is C20H30N2O6. The number of alkyl carbamates (subject to hydrolysis) is 1. The summed E-state index contributed by atoms with van der Waals surface area (Å²) in [5, 5.41) is 23.9. The Balaban J connectivity index is 2.67. The van der Waals surface area contributed by atoms with Crippen molar-refractivity contribution in [3.05, 3.63) is 35.9 Å². The molecule has 0 unspecified atom stereocenters. The Bertz CT molecular complexity index is 633. The molecule has 0 radical (unpaired) electrons. The molecule has 1 rings (SSSR count). The molecule has 0 aliphatic carbocycles.